The Bertz CT molecular complexity index is 63.2. The molecule has 0 aromatic heterocycles. The van der Waals surface area contributed by atoms with Gasteiger partial charge < -0.3 is 5.43 Å². The highest BCUT2D eigenvalue weighted by Gasteiger charge is 1.92. The molecular formula is C3H5BN2. The summed E-state index contributed by atoms with van der Waals surface area (Å²) < 4.78 is 0. The number of rotatable bonds is 0. The van der Waals surface area contributed by atoms with Gasteiger partial charge in [-0.05, 0) is 0 Å². The zero-order chi connectivity index (χ0) is 4.41. The van der Waals surface area contributed by atoms with Gasteiger partial charge in [0.2, 0.25) is 7.98 Å². The lowest BCUT2D eigenvalue weighted by atomic mass is 10.4. The molecule has 30 valence electrons. The Kier molecular flexibility index (Phi) is 0.840. The summed E-state index contributed by atoms with van der Waals surface area (Å²) in [4.78, 5) is 1.50. The minimum atomic E-state index is 0.806. The van der Waals surface area contributed by atoms with Crippen LogP contribution in [0.25, 0.3) is 0 Å². The van der Waals surface area contributed by atoms with E-state index in [1.807, 2.05) is 6.08 Å². The first kappa shape index (κ1) is 3.74. The molecule has 0 aromatic rings. The average molecular weight is 79.9 g/mol. The summed E-state index contributed by atoms with van der Waals surface area (Å²) in [6.45, 7) is 0.806. The van der Waals surface area contributed by atoms with Crippen LogP contribution in [0.15, 0.2) is 12.3 Å². The fourth-order valence-corrected chi connectivity index (χ4v) is 0.367. The maximum absolute atomic E-state index is 5.19. The van der Waals surface area contributed by atoms with Crippen LogP contribution < -0.4 is 5.43 Å². The van der Waals surface area contributed by atoms with Crippen molar-refractivity contribution in [1.29, 1.82) is 0 Å². The van der Waals surface area contributed by atoms with Crippen LogP contribution in [0.4, 0.5) is 0 Å². The Morgan fingerprint density at radius 2 is 2.67 bits per heavy atom. The number of hydrazine groups is 1. The van der Waals surface area contributed by atoms with Gasteiger partial charge in [0.15, 0.2) is 0 Å². The van der Waals surface area contributed by atoms with Crippen LogP contribution in [0.5, 0.6) is 0 Å². The van der Waals surface area contributed by atoms with Crippen molar-refractivity contribution in [3.05, 3.63) is 12.3 Å². The van der Waals surface area contributed by atoms with Gasteiger partial charge in [-0.15, -0.1) is 0 Å². The van der Waals surface area contributed by atoms with Gasteiger partial charge in [-0.25, -0.2) is 0 Å². The summed E-state index contributed by atoms with van der Waals surface area (Å²) in [5.41, 5.74) is 2.75. The molecule has 6 heavy (non-hydrogen) atoms. The zero-order valence-electron chi connectivity index (χ0n) is 3.39. The number of hydrogen-bond acceptors (Lipinski definition) is 2. The minimum absolute atomic E-state index is 0.806. The van der Waals surface area contributed by atoms with Crippen LogP contribution in [-0.2, 0) is 0 Å². The molecule has 1 heterocycles. The fraction of sp³-hybridized carbons (Fsp3) is 0.333. The quantitative estimate of drug-likeness (QED) is 0.391. The first-order valence-electron chi connectivity index (χ1n) is 1.83. The molecule has 1 rings (SSSR count). The van der Waals surface area contributed by atoms with E-state index >= 15 is 0 Å². The van der Waals surface area contributed by atoms with Gasteiger partial charge in [-0.3, -0.25) is 4.92 Å². The molecule has 0 saturated heterocycles. The largest absolute Gasteiger partial charge is 0.338 e. The molecule has 0 fully saturated rings. The monoisotopic (exact) mass is 80.1 g/mol. The highest BCUT2D eigenvalue weighted by molar-refractivity contribution is 6.04. The van der Waals surface area contributed by atoms with Gasteiger partial charge in [0, 0.05) is 12.7 Å². The maximum atomic E-state index is 5.19. The van der Waals surface area contributed by atoms with Gasteiger partial charge in [0.25, 0.3) is 0 Å². The van der Waals surface area contributed by atoms with Crippen molar-refractivity contribution in [3.63, 3.8) is 0 Å². The highest BCUT2D eigenvalue weighted by Crippen LogP contribution is 1.82. The maximum Gasteiger partial charge on any atom is 0.215 e. The van der Waals surface area contributed by atoms with Gasteiger partial charge in [0.05, 0.1) is 0 Å². The molecule has 3 heteroatoms. The summed E-state index contributed by atoms with van der Waals surface area (Å²) in [5, 5.41) is 0. The van der Waals surface area contributed by atoms with Crippen molar-refractivity contribution in [2.75, 3.05) is 6.54 Å². The van der Waals surface area contributed by atoms with Crippen molar-refractivity contribution < 1.29 is 0 Å². The smallest absolute Gasteiger partial charge is 0.215 e. The predicted octanol–water partition coefficient (Wildman–Crippen LogP) is -0.596. The summed E-state index contributed by atoms with van der Waals surface area (Å²) in [6, 6.07) is 0. The molecule has 0 spiro atoms. The molecule has 1 N–H and O–H groups in total. The van der Waals surface area contributed by atoms with E-state index in [4.69, 9.17) is 7.98 Å². The zero-order valence-corrected chi connectivity index (χ0v) is 3.39. The molecule has 2 radical (unpaired) electrons. The Morgan fingerprint density at radius 3 is 2.83 bits per heavy atom. The number of nitrogens with zero attached hydrogens (tertiary/aromatic N) is 1. The van der Waals surface area contributed by atoms with Crippen molar-refractivity contribution in [2.45, 2.75) is 0 Å². The molecule has 0 amide bonds. The highest BCUT2D eigenvalue weighted by atomic mass is 15.5. The second-order valence-electron chi connectivity index (χ2n) is 1.18. The van der Waals surface area contributed by atoms with E-state index in [0.29, 0.717) is 0 Å². The Morgan fingerprint density at radius 1 is 1.83 bits per heavy atom. The van der Waals surface area contributed by atoms with Crippen LogP contribution in [0, 0.1) is 0 Å². The third-order valence-corrected chi connectivity index (χ3v) is 0.660. The summed E-state index contributed by atoms with van der Waals surface area (Å²) >= 11 is 0. The summed E-state index contributed by atoms with van der Waals surface area (Å²) in [6.07, 6.45) is 3.75. The van der Waals surface area contributed by atoms with Crippen LogP contribution in [0.1, 0.15) is 0 Å². The fourth-order valence-electron chi connectivity index (χ4n) is 0.367. The van der Waals surface area contributed by atoms with E-state index in [2.05, 4.69) is 5.43 Å². The van der Waals surface area contributed by atoms with E-state index in [1.165, 1.54) is 4.92 Å². The van der Waals surface area contributed by atoms with Crippen LogP contribution in [0.3, 0.4) is 0 Å². The van der Waals surface area contributed by atoms with Crippen molar-refractivity contribution in [3.8, 4) is 0 Å². The molecule has 2 nitrogen and oxygen atoms in total. The predicted molar refractivity (Wildman–Crippen MR) is 24.7 cm³/mol. The second-order valence-corrected chi connectivity index (χ2v) is 1.18. The molecule has 0 bridgehead atoms. The second kappa shape index (κ2) is 1.35. The molecule has 0 saturated carbocycles. The van der Waals surface area contributed by atoms with Gasteiger partial charge in [-0.2, -0.15) is 0 Å². The minimum Gasteiger partial charge on any atom is -0.338 e. The van der Waals surface area contributed by atoms with Gasteiger partial charge in [0.1, 0.15) is 0 Å². The van der Waals surface area contributed by atoms with E-state index in [-0.39, 0.29) is 0 Å². The van der Waals surface area contributed by atoms with Crippen LogP contribution in [0.2, 0.25) is 0 Å². The molecule has 1 aliphatic rings. The van der Waals surface area contributed by atoms with E-state index in [0.717, 1.165) is 6.54 Å². The molecule has 0 aliphatic carbocycles. The van der Waals surface area contributed by atoms with Crippen molar-refractivity contribution >= 4 is 7.98 Å². The third-order valence-electron chi connectivity index (χ3n) is 0.660. The molecule has 0 aromatic carbocycles. The molecule has 1 aliphatic heterocycles. The number of hydrogen-bond donors (Lipinski definition) is 1. The summed E-state index contributed by atoms with van der Waals surface area (Å²) in [7, 11) is 5.19. The molecule has 0 unspecified atom stereocenters. The van der Waals surface area contributed by atoms with Crippen molar-refractivity contribution in [1.82, 2.24) is 10.3 Å². The van der Waals surface area contributed by atoms with Crippen molar-refractivity contribution in [2.24, 2.45) is 0 Å². The van der Waals surface area contributed by atoms with E-state index in [1.54, 1.807) is 6.20 Å². The Balaban J connectivity index is 2.32. The lowest BCUT2D eigenvalue weighted by Crippen LogP contribution is -2.25. The molecular weight excluding hydrogens is 74.9 g/mol. The van der Waals surface area contributed by atoms with Crippen LogP contribution >= 0.6 is 0 Å². The summed E-state index contributed by atoms with van der Waals surface area (Å²) in [5.74, 6) is 0. The molecule has 0 atom stereocenters. The third kappa shape index (κ3) is 0.544. The Hall–Kier alpha value is -0.435. The SMILES string of the molecule is [B]N1CC=CN1. The number of nitrogens with one attached hydrogen (secondary N) is 1. The van der Waals surface area contributed by atoms with E-state index in [9.17, 15) is 0 Å². The van der Waals surface area contributed by atoms with Crippen LogP contribution in [-0.4, -0.2) is 19.4 Å². The van der Waals surface area contributed by atoms with Gasteiger partial charge in [-0.1, -0.05) is 6.08 Å². The lowest BCUT2D eigenvalue weighted by Gasteiger charge is -2.05. The first-order chi connectivity index (χ1) is 2.89. The first-order valence-corrected chi connectivity index (χ1v) is 1.83. The van der Waals surface area contributed by atoms with E-state index < -0.39 is 0 Å². The normalized spacial score (nSPS) is 21.3. The topological polar surface area (TPSA) is 15.3 Å². The standard InChI is InChI=1S/C3H5BN2/c4-6-3-1-2-5-6/h1-2,5H,3H2. The lowest BCUT2D eigenvalue weighted by molar-refractivity contribution is 0.462. The Labute approximate surface area is 38.2 Å². The average Bonchev–Trinajstić information content (AvgIpc) is 1.86. The van der Waals surface area contributed by atoms with Gasteiger partial charge >= 0.3 is 0 Å².